The predicted molar refractivity (Wildman–Crippen MR) is 114 cm³/mol. The average Bonchev–Trinajstić information content (AvgIpc) is 2.70. The third-order valence-corrected chi connectivity index (χ3v) is 4.85. The minimum absolute atomic E-state index is 0.0780. The molecule has 2 aromatic carbocycles. The van der Waals surface area contributed by atoms with Crippen LogP contribution >= 0.6 is 0 Å². The van der Waals surface area contributed by atoms with Crippen LogP contribution in [0.25, 0.3) is 0 Å². The standard InChI is InChI=1S/C24H32N2O2/c1-19-8-14-22(15-9-19)24(28)26-18-21-12-10-20(11-13-21)17-23(27)7-5-3-2-4-6-16-25/h8-15H,2-7,16-18,25H2,1H3,(H,26,28). The van der Waals surface area contributed by atoms with E-state index < -0.39 is 0 Å². The number of carbonyl (C=O) groups is 2. The van der Waals surface area contributed by atoms with E-state index in [9.17, 15) is 9.59 Å². The summed E-state index contributed by atoms with van der Waals surface area (Å²) in [6.07, 6.45) is 6.60. The molecule has 0 fully saturated rings. The van der Waals surface area contributed by atoms with Gasteiger partial charge in [-0.1, -0.05) is 61.2 Å². The van der Waals surface area contributed by atoms with E-state index >= 15 is 0 Å². The molecule has 0 radical (unpaired) electrons. The highest BCUT2D eigenvalue weighted by molar-refractivity contribution is 5.94. The van der Waals surface area contributed by atoms with E-state index in [0.717, 1.165) is 55.3 Å². The fourth-order valence-corrected chi connectivity index (χ4v) is 3.08. The van der Waals surface area contributed by atoms with Gasteiger partial charge in [0.05, 0.1) is 0 Å². The molecular formula is C24H32N2O2. The lowest BCUT2D eigenvalue weighted by Crippen LogP contribution is -2.22. The smallest absolute Gasteiger partial charge is 0.251 e. The quantitative estimate of drug-likeness (QED) is 0.538. The van der Waals surface area contributed by atoms with Crippen LogP contribution in [0, 0.1) is 6.92 Å². The van der Waals surface area contributed by atoms with Gasteiger partial charge in [0.25, 0.3) is 5.91 Å². The van der Waals surface area contributed by atoms with Crippen molar-refractivity contribution >= 4 is 11.7 Å². The molecule has 150 valence electrons. The largest absolute Gasteiger partial charge is 0.348 e. The summed E-state index contributed by atoms with van der Waals surface area (Å²) in [6.45, 7) is 3.23. The molecule has 0 aliphatic rings. The molecule has 4 heteroatoms. The number of unbranched alkanes of at least 4 members (excludes halogenated alkanes) is 4. The SMILES string of the molecule is Cc1ccc(C(=O)NCc2ccc(CC(=O)CCCCCCCN)cc2)cc1. The molecule has 1 amide bonds. The van der Waals surface area contributed by atoms with Crippen LogP contribution in [0.3, 0.4) is 0 Å². The van der Waals surface area contributed by atoms with Gasteiger partial charge in [0, 0.05) is 24.9 Å². The summed E-state index contributed by atoms with van der Waals surface area (Å²) in [5, 5.41) is 2.93. The number of carbonyl (C=O) groups excluding carboxylic acids is 2. The van der Waals surface area contributed by atoms with Gasteiger partial charge in [0.15, 0.2) is 0 Å². The third kappa shape index (κ3) is 8.05. The highest BCUT2D eigenvalue weighted by Crippen LogP contribution is 2.10. The normalized spacial score (nSPS) is 10.6. The van der Waals surface area contributed by atoms with Crippen LogP contribution in [0.15, 0.2) is 48.5 Å². The summed E-state index contributed by atoms with van der Waals surface area (Å²) in [5.41, 5.74) is 9.33. The lowest BCUT2D eigenvalue weighted by atomic mass is 10.0. The minimum atomic E-state index is -0.0780. The second kappa shape index (κ2) is 12.1. The first kappa shape index (κ1) is 21.8. The Morgan fingerprint density at radius 2 is 1.43 bits per heavy atom. The summed E-state index contributed by atoms with van der Waals surface area (Å²) in [4.78, 5) is 24.3. The predicted octanol–water partition coefficient (Wildman–Crippen LogP) is 4.34. The molecule has 0 bridgehead atoms. The summed E-state index contributed by atoms with van der Waals surface area (Å²) < 4.78 is 0. The molecule has 0 aliphatic heterocycles. The van der Waals surface area contributed by atoms with Crippen molar-refractivity contribution in [2.75, 3.05) is 6.54 Å². The fourth-order valence-electron chi connectivity index (χ4n) is 3.08. The maximum atomic E-state index is 12.2. The molecule has 4 nitrogen and oxygen atoms in total. The summed E-state index contributed by atoms with van der Waals surface area (Å²) in [6, 6.07) is 15.4. The Morgan fingerprint density at radius 3 is 2.11 bits per heavy atom. The van der Waals surface area contributed by atoms with Crippen molar-refractivity contribution in [1.82, 2.24) is 5.32 Å². The Labute approximate surface area is 168 Å². The Kier molecular flexibility index (Phi) is 9.43. The van der Waals surface area contributed by atoms with Gasteiger partial charge in [-0.25, -0.2) is 0 Å². The number of amides is 1. The lowest BCUT2D eigenvalue weighted by molar-refractivity contribution is -0.118. The van der Waals surface area contributed by atoms with Crippen LogP contribution in [0.5, 0.6) is 0 Å². The average molecular weight is 381 g/mol. The topological polar surface area (TPSA) is 72.2 Å². The van der Waals surface area contributed by atoms with Crippen molar-refractivity contribution in [1.29, 1.82) is 0 Å². The fraction of sp³-hybridized carbons (Fsp3) is 0.417. The van der Waals surface area contributed by atoms with Crippen molar-refractivity contribution in [2.45, 2.75) is 58.4 Å². The van der Waals surface area contributed by atoms with Crippen LogP contribution in [0.1, 0.15) is 65.6 Å². The minimum Gasteiger partial charge on any atom is -0.348 e. The van der Waals surface area contributed by atoms with Crippen molar-refractivity contribution in [3.63, 3.8) is 0 Å². The van der Waals surface area contributed by atoms with Crippen molar-refractivity contribution < 1.29 is 9.59 Å². The number of hydrogen-bond acceptors (Lipinski definition) is 3. The summed E-state index contributed by atoms with van der Waals surface area (Å²) in [5.74, 6) is 0.213. The maximum Gasteiger partial charge on any atom is 0.251 e. The van der Waals surface area contributed by atoms with E-state index in [4.69, 9.17) is 5.73 Å². The number of rotatable bonds is 12. The number of nitrogens with one attached hydrogen (secondary N) is 1. The van der Waals surface area contributed by atoms with Gasteiger partial charge in [-0.15, -0.1) is 0 Å². The first-order chi connectivity index (χ1) is 13.6. The molecule has 0 saturated heterocycles. The summed E-state index contributed by atoms with van der Waals surface area (Å²) >= 11 is 0. The van der Waals surface area contributed by atoms with E-state index in [1.54, 1.807) is 0 Å². The van der Waals surface area contributed by atoms with Gasteiger partial charge in [-0.2, -0.15) is 0 Å². The Morgan fingerprint density at radius 1 is 0.821 bits per heavy atom. The van der Waals surface area contributed by atoms with E-state index in [2.05, 4.69) is 5.32 Å². The molecule has 0 saturated carbocycles. The molecule has 28 heavy (non-hydrogen) atoms. The first-order valence-corrected chi connectivity index (χ1v) is 10.2. The first-order valence-electron chi connectivity index (χ1n) is 10.2. The third-order valence-electron chi connectivity index (χ3n) is 4.85. The Hall–Kier alpha value is -2.46. The molecule has 2 rings (SSSR count). The van der Waals surface area contributed by atoms with Crippen LogP contribution in [0.4, 0.5) is 0 Å². The van der Waals surface area contributed by atoms with Crippen LogP contribution in [-0.4, -0.2) is 18.2 Å². The van der Waals surface area contributed by atoms with Crippen molar-refractivity contribution in [3.05, 3.63) is 70.8 Å². The molecular weight excluding hydrogens is 348 g/mol. The number of benzene rings is 2. The number of ketones is 1. The number of Topliss-reactive ketones (excluding diaryl/α,β-unsaturated/α-hetero) is 1. The van der Waals surface area contributed by atoms with Crippen LogP contribution in [0.2, 0.25) is 0 Å². The highest BCUT2D eigenvalue weighted by atomic mass is 16.1. The van der Waals surface area contributed by atoms with Crippen molar-refractivity contribution in [2.24, 2.45) is 5.73 Å². The van der Waals surface area contributed by atoms with Gasteiger partial charge < -0.3 is 11.1 Å². The maximum absolute atomic E-state index is 12.2. The lowest BCUT2D eigenvalue weighted by Gasteiger charge is -2.07. The van der Waals surface area contributed by atoms with Gasteiger partial charge in [-0.3, -0.25) is 9.59 Å². The summed E-state index contributed by atoms with van der Waals surface area (Å²) in [7, 11) is 0. The number of nitrogens with two attached hydrogens (primary N) is 1. The Bertz CT molecular complexity index is 736. The number of hydrogen-bond donors (Lipinski definition) is 2. The zero-order chi connectivity index (χ0) is 20.2. The van der Waals surface area contributed by atoms with E-state index in [1.165, 1.54) is 0 Å². The molecule has 0 spiro atoms. The number of aryl methyl sites for hydroxylation is 1. The second-order valence-electron chi connectivity index (χ2n) is 7.39. The van der Waals surface area contributed by atoms with Crippen molar-refractivity contribution in [3.8, 4) is 0 Å². The van der Waals surface area contributed by atoms with Gasteiger partial charge in [0.2, 0.25) is 0 Å². The highest BCUT2D eigenvalue weighted by Gasteiger charge is 2.06. The Balaban J connectivity index is 1.70. The molecule has 0 aromatic heterocycles. The van der Waals surface area contributed by atoms with Gasteiger partial charge >= 0.3 is 0 Å². The second-order valence-corrected chi connectivity index (χ2v) is 7.39. The van der Waals surface area contributed by atoms with E-state index in [0.29, 0.717) is 30.7 Å². The molecule has 0 aliphatic carbocycles. The zero-order valence-corrected chi connectivity index (χ0v) is 16.9. The molecule has 0 heterocycles. The van der Waals surface area contributed by atoms with E-state index in [-0.39, 0.29) is 5.91 Å². The van der Waals surface area contributed by atoms with Gasteiger partial charge in [-0.05, 0) is 49.6 Å². The van der Waals surface area contributed by atoms with Gasteiger partial charge in [0.1, 0.15) is 5.78 Å². The van der Waals surface area contributed by atoms with Crippen LogP contribution in [-0.2, 0) is 17.8 Å². The molecule has 2 aromatic rings. The molecule has 0 unspecified atom stereocenters. The molecule has 3 N–H and O–H groups in total. The van der Waals surface area contributed by atoms with Crippen LogP contribution < -0.4 is 11.1 Å². The monoisotopic (exact) mass is 380 g/mol. The molecule has 0 atom stereocenters. The zero-order valence-electron chi connectivity index (χ0n) is 16.9. The van der Waals surface area contributed by atoms with E-state index in [1.807, 2.05) is 55.5 Å².